The third-order valence-corrected chi connectivity index (χ3v) is 4.45. The van der Waals surface area contributed by atoms with Gasteiger partial charge in [0.15, 0.2) is 11.5 Å². The maximum atomic E-state index is 13.2. The Morgan fingerprint density at radius 3 is 2.67 bits per heavy atom. The summed E-state index contributed by atoms with van der Waals surface area (Å²) in [5.41, 5.74) is 1.41. The van der Waals surface area contributed by atoms with Gasteiger partial charge in [-0.05, 0) is 55.2 Å². The molecule has 1 amide bonds. The number of carbonyl (C=O) groups excluding carboxylic acids is 1. The van der Waals surface area contributed by atoms with Gasteiger partial charge in [-0.3, -0.25) is 4.79 Å². The maximum absolute atomic E-state index is 13.2. The van der Waals surface area contributed by atoms with Gasteiger partial charge < -0.3 is 14.7 Å². The molecule has 0 bridgehead atoms. The highest BCUT2D eigenvalue weighted by atomic mass is 19.1. The second kappa shape index (κ2) is 6.91. The Hall–Kier alpha value is -2.56. The lowest BCUT2D eigenvalue weighted by Gasteiger charge is -2.36. The van der Waals surface area contributed by atoms with E-state index in [2.05, 4.69) is 0 Å². The quantitative estimate of drug-likeness (QED) is 0.929. The zero-order chi connectivity index (χ0) is 17.1. The van der Waals surface area contributed by atoms with Gasteiger partial charge in [-0.1, -0.05) is 12.1 Å². The predicted octanol–water partition coefficient (Wildman–Crippen LogP) is 3.91. The van der Waals surface area contributed by atoms with Crippen molar-refractivity contribution < 1.29 is 19.0 Å². The van der Waals surface area contributed by atoms with Crippen molar-refractivity contribution in [3.05, 3.63) is 59.4 Å². The molecule has 2 aromatic rings. The summed E-state index contributed by atoms with van der Waals surface area (Å²) in [7, 11) is 1.45. The zero-order valence-corrected chi connectivity index (χ0v) is 13.5. The highest BCUT2D eigenvalue weighted by Gasteiger charge is 2.29. The van der Waals surface area contributed by atoms with E-state index in [-0.39, 0.29) is 29.3 Å². The molecule has 1 heterocycles. The number of likely N-dealkylation sites (tertiary alicyclic amines) is 1. The van der Waals surface area contributed by atoms with Crippen molar-refractivity contribution in [2.24, 2.45) is 0 Å². The van der Waals surface area contributed by atoms with Crippen molar-refractivity contribution in [2.45, 2.75) is 25.3 Å². The third-order valence-electron chi connectivity index (χ3n) is 4.45. The Morgan fingerprint density at radius 2 is 1.96 bits per heavy atom. The van der Waals surface area contributed by atoms with Crippen LogP contribution in [0, 0.1) is 5.82 Å². The van der Waals surface area contributed by atoms with E-state index in [1.807, 2.05) is 4.90 Å². The van der Waals surface area contributed by atoms with E-state index in [0.717, 1.165) is 24.8 Å². The van der Waals surface area contributed by atoms with Crippen LogP contribution >= 0.6 is 0 Å². The number of nitrogens with zero attached hydrogens (tertiary/aromatic N) is 1. The van der Waals surface area contributed by atoms with Crippen LogP contribution in [0.15, 0.2) is 42.5 Å². The highest BCUT2D eigenvalue weighted by Crippen LogP contribution is 2.33. The minimum Gasteiger partial charge on any atom is -0.504 e. The lowest BCUT2D eigenvalue weighted by Crippen LogP contribution is -2.38. The SMILES string of the molecule is COc1cc(C(=O)N2CCCC[C@H]2c2ccc(F)cc2)ccc1O. The Labute approximate surface area is 140 Å². The normalized spacial score (nSPS) is 17.6. The first-order valence-electron chi connectivity index (χ1n) is 8.03. The Balaban J connectivity index is 1.90. The van der Waals surface area contributed by atoms with Crippen molar-refractivity contribution >= 4 is 5.91 Å². The summed E-state index contributed by atoms with van der Waals surface area (Å²) in [6, 6.07) is 10.9. The van der Waals surface area contributed by atoms with Crippen LogP contribution in [0.2, 0.25) is 0 Å². The molecule has 5 heteroatoms. The second-order valence-electron chi connectivity index (χ2n) is 5.95. The molecule has 0 spiro atoms. The number of hydrogen-bond donors (Lipinski definition) is 1. The van der Waals surface area contributed by atoms with Crippen LogP contribution in [-0.4, -0.2) is 29.6 Å². The number of benzene rings is 2. The number of hydrogen-bond acceptors (Lipinski definition) is 3. The average molecular weight is 329 g/mol. The van der Waals surface area contributed by atoms with Crippen LogP contribution in [0.1, 0.15) is 41.2 Å². The standard InChI is InChI=1S/C19H20FNO3/c1-24-18-12-14(7-10-17(18)22)19(23)21-11-3-2-4-16(21)13-5-8-15(20)9-6-13/h5-10,12,16,22H,2-4,11H2,1H3/t16-/m0/s1. The van der Waals surface area contributed by atoms with Gasteiger partial charge in [0.05, 0.1) is 13.2 Å². The number of ether oxygens (including phenoxy) is 1. The summed E-state index contributed by atoms with van der Waals surface area (Å²) in [5.74, 6) is -0.114. The molecule has 2 aromatic carbocycles. The fourth-order valence-corrected chi connectivity index (χ4v) is 3.18. The minimum absolute atomic E-state index is 0.00257. The molecule has 1 atom stereocenters. The molecule has 3 rings (SSSR count). The van der Waals surface area contributed by atoms with Gasteiger partial charge in [0.25, 0.3) is 5.91 Å². The molecule has 0 unspecified atom stereocenters. The van der Waals surface area contributed by atoms with E-state index in [9.17, 15) is 14.3 Å². The van der Waals surface area contributed by atoms with E-state index < -0.39 is 0 Å². The molecule has 0 saturated carbocycles. The van der Waals surface area contributed by atoms with E-state index in [4.69, 9.17) is 4.74 Å². The fraction of sp³-hybridized carbons (Fsp3) is 0.316. The first-order valence-corrected chi connectivity index (χ1v) is 8.03. The summed E-state index contributed by atoms with van der Waals surface area (Å²) < 4.78 is 18.3. The predicted molar refractivity (Wildman–Crippen MR) is 88.7 cm³/mol. The van der Waals surface area contributed by atoms with Gasteiger partial charge in [-0.15, -0.1) is 0 Å². The van der Waals surface area contributed by atoms with Gasteiger partial charge in [-0.2, -0.15) is 0 Å². The number of rotatable bonds is 3. The molecule has 126 valence electrons. The summed E-state index contributed by atoms with van der Waals surface area (Å²) in [4.78, 5) is 14.8. The maximum Gasteiger partial charge on any atom is 0.254 e. The number of piperidine rings is 1. The van der Waals surface area contributed by atoms with Gasteiger partial charge in [0.1, 0.15) is 5.82 Å². The van der Waals surface area contributed by atoms with Crippen molar-refractivity contribution in [3.8, 4) is 11.5 Å². The van der Waals surface area contributed by atoms with E-state index in [1.165, 1.54) is 25.3 Å². The lowest BCUT2D eigenvalue weighted by atomic mass is 9.94. The lowest BCUT2D eigenvalue weighted by molar-refractivity contribution is 0.0611. The molecule has 1 N–H and O–H groups in total. The third kappa shape index (κ3) is 3.20. The van der Waals surface area contributed by atoms with Gasteiger partial charge in [0.2, 0.25) is 0 Å². The largest absolute Gasteiger partial charge is 0.504 e. The Bertz CT molecular complexity index is 730. The molecule has 24 heavy (non-hydrogen) atoms. The van der Waals surface area contributed by atoms with E-state index in [0.29, 0.717) is 12.1 Å². The van der Waals surface area contributed by atoms with Gasteiger partial charge >= 0.3 is 0 Å². The van der Waals surface area contributed by atoms with Gasteiger partial charge in [0, 0.05) is 12.1 Å². The first kappa shape index (κ1) is 16.3. The van der Waals surface area contributed by atoms with Crippen LogP contribution in [0.25, 0.3) is 0 Å². The zero-order valence-electron chi connectivity index (χ0n) is 13.5. The van der Waals surface area contributed by atoms with Gasteiger partial charge in [-0.25, -0.2) is 4.39 Å². The molecule has 4 nitrogen and oxygen atoms in total. The molecule has 0 aliphatic carbocycles. The number of amides is 1. The van der Waals surface area contributed by atoms with Crippen LogP contribution in [0.3, 0.4) is 0 Å². The Kier molecular flexibility index (Phi) is 4.69. The van der Waals surface area contributed by atoms with Crippen molar-refractivity contribution in [3.63, 3.8) is 0 Å². The van der Waals surface area contributed by atoms with E-state index in [1.54, 1.807) is 24.3 Å². The summed E-state index contributed by atoms with van der Waals surface area (Å²) in [6.45, 7) is 0.657. The summed E-state index contributed by atoms with van der Waals surface area (Å²) in [5, 5.41) is 9.70. The molecule has 0 radical (unpaired) electrons. The van der Waals surface area contributed by atoms with Crippen LogP contribution in [-0.2, 0) is 0 Å². The topological polar surface area (TPSA) is 49.8 Å². The number of aromatic hydroxyl groups is 1. The second-order valence-corrected chi connectivity index (χ2v) is 5.95. The summed E-state index contributed by atoms with van der Waals surface area (Å²) >= 11 is 0. The molecule has 1 aliphatic rings. The van der Waals surface area contributed by atoms with Crippen molar-refractivity contribution in [1.82, 2.24) is 4.90 Å². The number of methoxy groups -OCH3 is 1. The summed E-state index contributed by atoms with van der Waals surface area (Å²) in [6.07, 6.45) is 2.83. The number of phenols is 1. The minimum atomic E-state index is -0.282. The molecule has 1 saturated heterocycles. The smallest absolute Gasteiger partial charge is 0.254 e. The van der Waals surface area contributed by atoms with Crippen LogP contribution < -0.4 is 4.74 Å². The van der Waals surface area contributed by atoms with Crippen LogP contribution in [0.5, 0.6) is 11.5 Å². The Morgan fingerprint density at radius 1 is 1.21 bits per heavy atom. The van der Waals surface area contributed by atoms with Crippen LogP contribution in [0.4, 0.5) is 4.39 Å². The van der Waals surface area contributed by atoms with Crippen molar-refractivity contribution in [1.29, 1.82) is 0 Å². The highest BCUT2D eigenvalue weighted by molar-refractivity contribution is 5.95. The first-order chi connectivity index (χ1) is 11.6. The van der Waals surface area contributed by atoms with Crippen molar-refractivity contribution in [2.75, 3.05) is 13.7 Å². The molecular formula is C19H20FNO3. The molecule has 1 fully saturated rings. The molecule has 0 aromatic heterocycles. The number of halogens is 1. The monoisotopic (exact) mass is 329 g/mol. The molecular weight excluding hydrogens is 309 g/mol. The number of carbonyl (C=O) groups is 1. The van der Waals surface area contributed by atoms with E-state index >= 15 is 0 Å². The molecule has 1 aliphatic heterocycles. The fourth-order valence-electron chi connectivity index (χ4n) is 3.18. The number of phenolic OH excluding ortho intramolecular Hbond substituents is 1. The average Bonchev–Trinajstić information content (AvgIpc) is 2.62.